The highest BCUT2D eigenvalue weighted by Gasteiger charge is 2.49. The highest BCUT2D eigenvalue weighted by molar-refractivity contribution is 6.89. The maximum absolute atomic E-state index is 6.57. The summed E-state index contributed by atoms with van der Waals surface area (Å²) < 4.78 is 9.27. The molecule has 3 nitrogen and oxygen atoms in total. The van der Waals surface area contributed by atoms with Crippen LogP contribution in [0.15, 0.2) is 97.1 Å². The van der Waals surface area contributed by atoms with E-state index in [-0.39, 0.29) is 12.3 Å². The summed E-state index contributed by atoms with van der Waals surface area (Å²) in [5, 5.41) is 1.35. The molecule has 0 saturated heterocycles. The molecular formula is C36H25BN2O. The summed E-state index contributed by atoms with van der Waals surface area (Å²) in [6, 6.07) is 35.8. The van der Waals surface area contributed by atoms with Crippen molar-refractivity contribution in [2.75, 3.05) is 4.90 Å². The molecule has 10 rings (SSSR count). The smallest absolute Gasteiger partial charge is 0.333 e. The van der Waals surface area contributed by atoms with Gasteiger partial charge in [0.2, 0.25) is 0 Å². The minimum atomic E-state index is -0.125. The van der Waals surface area contributed by atoms with E-state index in [9.17, 15) is 0 Å². The van der Waals surface area contributed by atoms with Gasteiger partial charge in [-0.15, -0.1) is 0 Å². The Hall–Kier alpha value is -4.70. The Morgan fingerprint density at radius 1 is 0.725 bits per heavy atom. The van der Waals surface area contributed by atoms with E-state index in [2.05, 4.69) is 127 Å². The molecule has 0 N–H and O–H groups in total. The van der Waals surface area contributed by atoms with Crippen molar-refractivity contribution in [3.05, 3.63) is 114 Å². The average molecular weight is 512 g/mol. The molecule has 0 radical (unpaired) electrons. The lowest BCUT2D eigenvalue weighted by molar-refractivity contribution is 0.477. The third kappa shape index (κ3) is 2.21. The van der Waals surface area contributed by atoms with Crippen molar-refractivity contribution in [2.24, 2.45) is 0 Å². The number of aryl methyl sites for hydroxylation is 1. The zero-order chi connectivity index (χ0) is 26.5. The van der Waals surface area contributed by atoms with E-state index in [4.69, 9.17) is 4.74 Å². The zero-order valence-electron chi connectivity index (χ0n) is 22.6. The first kappa shape index (κ1) is 21.2. The van der Waals surface area contributed by atoms with Crippen molar-refractivity contribution in [3.63, 3.8) is 0 Å². The van der Waals surface area contributed by atoms with Gasteiger partial charge in [-0.2, -0.15) is 0 Å². The summed E-state index contributed by atoms with van der Waals surface area (Å²) in [5.41, 5.74) is 17.0. The summed E-state index contributed by atoms with van der Waals surface area (Å²) in [7, 11) is 0. The summed E-state index contributed by atoms with van der Waals surface area (Å²) in [6.45, 7) is 7.09. The molecule has 188 valence electrons. The molecule has 4 heteroatoms. The normalized spacial score (nSPS) is 15.7. The molecule has 0 unspecified atom stereocenters. The predicted molar refractivity (Wildman–Crippen MR) is 165 cm³/mol. The van der Waals surface area contributed by atoms with Crippen LogP contribution >= 0.6 is 0 Å². The van der Waals surface area contributed by atoms with Gasteiger partial charge >= 0.3 is 6.85 Å². The van der Waals surface area contributed by atoms with E-state index in [1.807, 2.05) is 0 Å². The summed E-state index contributed by atoms with van der Waals surface area (Å²) in [6.07, 6.45) is 0. The van der Waals surface area contributed by atoms with Crippen LogP contribution in [0.2, 0.25) is 0 Å². The molecule has 1 aliphatic carbocycles. The van der Waals surface area contributed by atoms with Crippen LogP contribution in [0.5, 0.6) is 11.5 Å². The van der Waals surface area contributed by atoms with Gasteiger partial charge in [-0.3, -0.25) is 0 Å². The Morgan fingerprint density at radius 3 is 2.42 bits per heavy atom. The molecule has 0 amide bonds. The Balaban J connectivity index is 1.42. The van der Waals surface area contributed by atoms with Crippen LogP contribution in [0.25, 0.3) is 33.2 Å². The fourth-order valence-electron chi connectivity index (χ4n) is 8.30. The molecule has 0 atom stereocenters. The van der Waals surface area contributed by atoms with E-state index in [0.717, 1.165) is 17.2 Å². The number of fused-ring (bicyclic) bond motifs is 11. The molecule has 3 aliphatic heterocycles. The maximum Gasteiger partial charge on any atom is 0.333 e. The van der Waals surface area contributed by atoms with Gasteiger partial charge < -0.3 is 14.1 Å². The largest absolute Gasteiger partial charge is 0.453 e. The molecule has 4 aliphatic rings. The van der Waals surface area contributed by atoms with Crippen LogP contribution in [-0.4, -0.2) is 11.3 Å². The lowest BCUT2D eigenvalue weighted by Crippen LogP contribution is -2.58. The third-order valence-electron chi connectivity index (χ3n) is 9.73. The number of ether oxygens (including phenoxy) is 1. The number of benzene rings is 5. The second-order valence-electron chi connectivity index (χ2n) is 12.2. The second-order valence-corrected chi connectivity index (χ2v) is 12.2. The van der Waals surface area contributed by atoms with E-state index >= 15 is 0 Å². The van der Waals surface area contributed by atoms with Gasteiger partial charge in [0.05, 0.1) is 11.4 Å². The fraction of sp³-hybridized carbons (Fsp3) is 0.111. The first-order chi connectivity index (χ1) is 19.5. The average Bonchev–Trinajstić information content (AvgIpc) is 3.44. The standard InChI is InChI=1S/C36H25BN2O/c1-20-18-24-21-11-8-12-23-31-22-10-4-5-13-25(22)36(2,3)35(31)39(33(21)23)37-26-14-9-17-30-34(26)38(28(19-20)32(24)37)27-15-6-7-16-29(27)40-30/h4-19H,1-3H3. The van der Waals surface area contributed by atoms with Crippen LogP contribution in [-0.2, 0) is 5.41 Å². The Morgan fingerprint density at radius 2 is 1.50 bits per heavy atom. The number of hydrogen-bond acceptors (Lipinski definition) is 2. The molecule has 0 saturated carbocycles. The van der Waals surface area contributed by atoms with E-state index in [1.54, 1.807) is 0 Å². The Kier molecular flexibility index (Phi) is 3.55. The first-order valence-corrected chi connectivity index (χ1v) is 14.2. The van der Waals surface area contributed by atoms with Crippen molar-refractivity contribution < 1.29 is 4.74 Å². The number of aromatic nitrogens is 1. The third-order valence-corrected chi connectivity index (χ3v) is 9.73. The highest BCUT2D eigenvalue weighted by atomic mass is 16.5. The molecule has 4 heterocycles. The van der Waals surface area contributed by atoms with Crippen LogP contribution in [0.1, 0.15) is 30.7 Å². The molecular weight excluding hydrogens is 487 g/mol. The topological polar surface area (TPSA) is 17.4 Å². The number of nitrogens with zero attached hydrogens (tertiary/aromatic N) is 2. The second kappa shape index (κ2) is 6.71. The van der Waals surface area contributed by atoms with E-state index in [1.165, 1.54) is 72.3 Å². The fourth-order valence-corrected chi connectivity index (χ4v) is 8.30. The SMILES string of the molecule is Cc1cc2c3c(c1)N1c4ccccc4Oc4cccc(c41)B3n1c3c(c4cccc-2c41)-c1ccccc1C3(C)C. The van der Waals surface area contributed by atoms with Crippen LogP contribution < -0.4 is 20.6 Å². The Bertz CT molecular complexity index is 2150. The number of para-hydroxylation sites is 4. The maximum atomic E-state index is 6.57. The van der Waals surface area contributed by atoms with Crippen molar-refractivity contribution in [2.45, 2.75) is 26.2 Å². The zero-order valence-corrected chi connectivity index (χ0v) is 22.6. The number of rotatable bonds is 0. The minimum Gasteiger partial charge on any atom is -0.453 e. The highest BCUT2D eigenvalue weighted by Crippen LogP contribution is 2.57. The predicted octanol–water partition coefficient (Wildman–Crippen LogP) is 7.78. The molecule has 5 aromatic carbocycles. The Labute approximate surface area is 233 Å². The molecule has 0 fully saturated rings. The molecule has 0 bridgehead atoms. The van der Waals surface area contributed by atoms with Gasteiger partial charge in [-0.25, -0.2) is 0 Å². The lowest BCUT2D eigenvalue weighted by Gasteiger charge is -2.44. The van der Waals surface area contributed by atoms with Gasteiger partial charge in [-0.1, -0.05) is 86.6 Å². The molecule has 1 aromatic heterocycles. The quantitative estimate of drug-likeness (QED) is 0.193. The van der Waals surface area contributed by atoms with Gasteiger partial charge in [0, 0.05) is 38.8 Å². The minimum absolute atomic E-state index is 0.0559. The van der Waals surface area contributed by atoms with E-state index in [0.29, 0.717) is 0 Å². The summed E-state index contributed by atoms with van der Waals surface area (Å²) in [5.74, 6) is 1.82. The van der Waals surface area contributed by atoms with Crippen LogP contribution in [0.3, 0.4) is 0 Å². The van der Waals surface area contributed by atoms with Crippen molar-refractivity contribution in [1.82, 2.24) is 4.48 Å². The van der Waals surface area contributed by atoms with Crippen LogP contribution in [0.4, 0.5) is 17.1 Å². The monoisotopic (exact) mass is 512 g/mol. The van der Waals surface area contributed by atoms with Crippen molar-refractivity contribution >= 4 is 45.7 Å². The van der Waals surface area contributed by atoms with Gasteiger partial charge in [0.15, 0.2) is 11.5 Å². The number of anilines is 3. The van der Waals surface area contributed by atoms with Crippen molar-refractivity contribution in [1.29, 1.82) is 0 Å². The number of hydrogen-bond donors (Lipinski definition) is 0. The lowest BCUT2D eigenvalue weighted by atomic mass is 9.44. The van der Waals surface area contributed by atoms with Crippen molar-refractivity contribution in [3.8, 4) is 33.8 Å². The van der Waals surface area contributed by atoms with Gasteiger partial charge in [0.1, 0.15) is 0 Å². The summed E-state index contributed by atoms with van der Waals surface area (Å²) in [4.78, 5) is 2.46. The van der Waals surface area contributed by atoms with Gasteiger partial charge in [0.25, 0.3) is 0 Å². The van der Waals surface area contributed by atoms with Crippen LogP contribution in [0, 0.1) is 6.92 Å². The van der Waals surface area contributed by atoms with Gasteiger partial charge in [-0.05, 0) is 64.4 Å². The molecule has 40 heavy (non-hydrogen) atoms. The summed E-state index contributed by atoms with van der Waals surface area (Å²) >= 11 is 0. The first-order valence-electron chi connectivity index (χ1n) is 14.2. The van der Waals surface area contributed by atoms with E-state index < -0.39 is 0 Å². The molecule has 0 spiro atoms. The molecule has 6 aromatic rings.